The lowest BCUT2D eigenvalue weighted by Crippen LogP contribution is -2.00. The third kappa shape index (κ3) is 2.94. The number of rotatable bonds is 4. The molecule has 2 rings (SSSR count). The summed E-state index contributed by atoms with van der Waals surface area (Å²) in [7, 11) is 0. The zero-order valence-electron chi connectivity index (χ0n) is 11.5. The number of hydrogen-bond acceptors (Lipinski definition) is 1. The Balaban J connectivity index is 2.29. The van der Waals surface area contributed by atoms with Crippen molar-refractivity contribution >= 4 is 17.5 Å². The number of aryl methyl sites for hydroxylation is 2. The highest BCUT2D eigenvalue weighted by molar-refractivity contribution is 5.81. The number of nitrogens with one attached hydrogen (secondary N) is 1. The molecular formula is C18H19N. The summed E-state index contributed by atoms with van der Waals surface area (Å²) in [6.07, 6.45) is 1.86. The molecule has 0 unspecified atom stereocenters. The second kappa shape index (κ2) is 5.57. The molecule has 0 aromatic heterocycles. The summed E-state index contributed by atoms with van der Waals surface area (Å²) in [5.41, 5.74) is 6.61. The summed E-state index contributed by atoms with van der Waals surface area (Å²) in [6, 6.07) is 14.5. The fraction of sp³-hybridized carbons (Fsp3) is 0.111. The second-order valence-corrected chi connectivity index (χ2v) is 4.71. The van der Waals surface area contributed by atoms with E-state index in [-0.39, 0.29) is 0 Å². The van der Waals surface area contributed by atoms with Crippen LogP contribution >= 0.6 is 0 Å². The molecule has 1 nitrogen and oxygen atoms in total. The average Bonchev–Trinajstić information content (AvgIpc) is 2.41. The molecule has 0 saturated carbocycles. The van der Waals surface area contributed by atoms with E-state index in [1.165, 1.54) is 11.1 Å². The van der Waals surface area contributed by atoms with Crippen LogP contribution in [0.2, 0.25) is 0 Å². The Kier molecular flexibility index (Phi) is 3.86. The predicted octanol–water partition coefficient (Wildman–Crippen LogP) is 5.03. The van der Waals surface area contributed by atoms with Crippen molar-refractivity contribution in [2.24, 2.45) is 0 Å². The molecule has 1 N–H and O–H groups in total. The molecule has 0 atom stereocenters. The minimum atomic E-state index is 0.907. The van der Waals surface area contributed by atoms with Gasteiger partial charge in [-0.2, -0.15) is 0 Å². The van der Waals surface area contributed by atoms with Crippen LogP contribution in [0.1, 0.15) is 22.3 Å². The summed E-state index contributed by atoms with van der Waals surface area (Å²) in [4.78, 5) is 0. The summed E-state index contributed by atoms with van der Waals surface area (Å²) < 4.78 is 0. The van der Waals surface area contributed by atoms with E-state index in [0.29, 0.717) is 0 Å². The highest BCUT2D eigenvalue weighted by Gasteiger charge is 2.05. The first-order valence-corrected chi connectivity index (χ1v) is 6.37. The van der Waals surface area contributed by atoms with Gasteiger partial charge in [-0.1, -0.05) is 55.1 Å². The summed E-state index contributed by atoms with van der Waals surface area (Å²) in [6.45, 7) is 12.2. The first kappa shape index (κ1) is 13.2. The Labute approximate surface area is 115 Å². The second-order valence-electron chi connectivity index (χ2n) is 4.71. The van der Waals surface area contributed by atoms with Gasteiger partial charge >= 0.3 is 0 Å². The van der Waals surface area contributed by atoms with Crippen LogP contribution in [0.4, 0.5) is 5.69 Å². The Morgan fingerprint density at radius 1 is 1.11 bits per heavy atom. The van der Waals surface area contributed by atoms with E-state index >= 15 is 0 Å². The molecule has 0 aliphatic rings. The fourth-order valence-corrected chi connectivity index (χ4v) is 2.11. The zero-order valence-corrected chi connectivity index (χ0v) is 11.5. The molecule has 0 radical (unpaired) electrons. The van der Waals surface area contributed by atoms with E-state index in [0.717, 1.165) is 22.5 Å². The van der Waals surface area contributed by atoms with Crippen LogP contribution in [0.15, 0.2) is 55.6 Å². The van der Waals surface area contributed by atoms with Crippen LogP contribution in [-0.4, -0.2) is 0 Å². The quantitative estimate of drug-likeness (QED) is 0.801. The van der Waals surface area contributed by atoms with E-state index in [1.807, 2.05) is 18.2 Å². The van der Waals surface area contributed by atoms with Gasteiger partial charge in [-0.3, -0.25) is 0 Å². The number of anilines is 1. The molecule has 96 valence electrons. The monoisotopic (exact) mass is 249 g/mol. The topological polar surface area (TPSA) is 12.0 Å². The van der Waals surface area contributed by atoms with Crippen molar-refractivity contribution in [2.45, 2.75) is 13.8 Å². The summed E-state index contributed by atoms with van der Waals surface area (Å²) in [5.74, 6) is 0. The van der Waals surface area contributed by atoms with Crippen LogP contribution in [0.3, 0.4) is 0 Å². The van der Waals surface area contributed by atoms with Crippen molar-refractivity contribution in [3.05, 3.63) is 77.9 Å². The Morgan fingerprint density at radius 2 is 1.84 bits per heavy atom. The fourth-order valence-electron chi connectivity index (χ4n) is 2.11. The standard InChI is InChI=1S/C18H19N/c1-5-16-12-13(2)10-11-18(16)19-15(4)17-9-7-6-8-14(17)3/h5-12,19H,1,4H2,2-3H3. The van der Waals surface area contributed by atoms with Gasteiger partial charge in [-0.25, -0.2) is 0 Å². The normalized spacial score (nSPS) is 10.0. The third-order valence-corrected chi connectivity index (χ3v) is 3.18. The van der Waals surface area contributed by atoms with Gasteiger partial charge in [0.2, 0.25) is 0 Å². The average molecular weight is 249 g/mol. The molecule has 0 aliphatic heterocycles. The Bertz CT molecular complexity index is 623. The van der Waals surface area contributed by atoms with Gasteiger partial charge in [-0.15, -0.1) is 0 Å². The van der Waals surface area contributed by atoms with Crippen molar-refractivity contribution < 1.29 is 0 Å². The first-order valence-electron chi connectivity index (χ1n) is 6.37. The molecular weight excluding hydrogens is 230 g/mol. The lowest BCUT2D eigenvalue weighted by atomic mass is 10.1. The molecule has 19 heavy (non-hydrogen) atoms. The molecule has 0 fully saturated rings. The Morgan fingerprint density at radius 3 is 2.53 bits per heavy atom. The van der Waals surface area contributed by atoms with Crippen molar-refractivity contribution in [1.82, 2.24) is 0 Å². The van der Waals surface area contributed by atoms with Gasteiger partial charge in [-0.05, 0) is 37.1 Å². The maximum Gasteiger partial charge on any atom is 0.0457 e. The highest BCUT2D eigenvalue weighted by Crippen LogP contribution is 2.24. The van der Waals surface area contributed by atoms with Crippen molar-refractivity contribution in [2.75, 3.05) is 5.32 Å². The molecule has 0 heterocycles. The van der Waals surface area contributed by atoms with Gasteiger partial charge in [0, 0.05) is 16.9 Å². The maximum absolute atomic E-state index is 4.13. The van der Waals surface area contributed by atoms with Crippen molar-refractivity contribution in [3.8, 4) is 0 Å². The Hall–Kier alpha value is -2.28. The number of hydrogen-bond donors (Lipinski definition) is 1. The van der Waals surface area contributed by atoms with Gasteiger partial charge in [0.15, 0.2) is 0 Å². The van der Waals surface area contributed by atoms with Gasteiger partial charge in [0.25, 0.3) is 0 Å². The van der Waals surface area contributed by atoms with E-state index in [1.54, 1.807) is 0 Å². The molecule has 0 spiro atoms. The van der Waals surface area contributed by atoms with Crippen LogP contribution in [-0.2, 0) is 0 Å². The van der Waals surface area contributed by atoms with E-state index in [4.69, 9.17) is 0 Å². The van der Waals surface area contributed by atoms with Gasteiger partial charge in [0.1, 0.15) is 0 Å². The lowest BCUT2D eigenvalue weighted by molar-refractivity contribution is 1.40. The van der Waals surface area contributed by atoms with E-state index < -0.39 is 0 Å². The highest BCUT2D eigenvalue weighted by atomic mass is 14.9. The van der Waals surface area contributed by atoms with E-state index in [2.05, 4.69) is 62.7 Å². The smallest absolute Gasteiger partial charge is 0.0457 e. The maximum atomic E-state index is 4.13. The lowest BCUT2D eigenvalue weighted by Gasteiger charge is -2.14. The SMILES string of the molecule is C=Cc1cc(C)ccc1NC(=C)c1ccccc1C. The first-order chi connectivity index (χ1) is 9.11. The molecule has 1 heteroatoms. The molecule has 0 saturated heterocycles. The van der Waals surface area contributed by atoms with Crippen molar-refractivity contribution in [1.29, 1.82) is 0 Å². The summed E-state index contributed by atoms with van der Waals surface area (Å²) in [5, 5.41) is 3.38. The van der Waals surface area contributed by atoms with Crippen LogP contribution in [0.25, 0.3) is 11.8 Å². The largest absolute Gasteiger partial charge is 0.355 e. The van der Waals surface area contributed by atoms with Gasteiger partial charge in [0.05, 0.1) is 0 Å². The molecule has 2 aromatic rings. The zero-order chi connectivity index (χ0) is 13.8. The molecule has 0 amide bonds. The molecule has 0 bridgehead atoms. The van der Waals surface area contributed by atoms with Crippen LogP contribution in [0, 0.1) is 13.8 Å². The number of benzene rings is 2. The summed E-state index contributed by atoms with van der Waals surface area (Å²) >= 11 is 0. The predicted molar refractivity (Wildman–Crippen MR) is 85.1 cm³/mol. The minimum Gasteiger partial charge on any atom is -0.355 e. The third-order valence-electron chi connectivity index (χ3n) is 3.18. The van der Waals surface area contributed by atoms with Crippen LogP contribution < -0.4 is 5.32 Å². The molecule has 0 aliphatic carbocycles. The van der Waals surface area contributed by atoms with E-state index in [9.17, 15) is 0 Å². The van der Waals surface area contributed by atoms with Gasteiger partial charge < -0.3 is 5.32 Å². The van der Waals surface area contributed by atoms with Crippen molar-refractivity contribution in [3.63, 3.8) is 0 Å². The van der Waals surface area contributed by atoms with Crippen LogP contribution in [0.5, 0.6) is 0 Å². The minimum absolute atomic E-state index is 0.907. The molecule has 2 aromatic carbocycles.